The van der Waals surface area contributed by atoms with Crippen LogP contribution in [-0.2, 0) is 16.6 Å². The van der Waals surface area contributed by atoms with Crippen LogP contribution < -0.4 is 5.32 Å². The third kappa shape index (κ3) is 3.66. The molecule has 1 atom stereocenters. The minimum absolute atomic E-state index is 0.102. The molecule has 0 aromatic heterocycles. The fourth-order valence-corrected chi connectivity index (χ4v) is 3.47. The molecular weight excluding hydrogens is 350 g/mol. The standard InChI is InChI=1S/C20H22BrNO/c1-14-3-5-16(6-4-14)13-19(23)22-15(2)20(11-12-20)17-7-9-18(21)10-8-17/h3-10,15H,11-13H2,1-2H3,(H,22,23). The molecule has 1 fully saturated rings. The van der Waals surface area contributed by atoms with Crippen molar-refractivity contribution in [1.82, 2.24) is 5.32 Å². The van der Waals surface area contributed by atoms with Crippen molar-refractivity contribution in [1.29, 1.82) is 0 Å². The molecule has 1 N–H and O–H groups in total. The molecular formula is C20H22BrNO. The number of hydrogen-bond acceptors (Lipinski definition) is 1. The molecule has 0 aliphatic heterocycles. The molecule has 2 aromatic carbocycles. The van der Waals surface area contributed by atoms with E-state index in [2.05, 4.69) is 71.5 Å². The molecule has 2 aromatic rings. The van der Waals surface area contributed by atoms with Crippen molar-refractivity contribution in [3.05, 3.63) is 69.7 Å². The lowest BCUT2D eigenvalue weighted by Gasteiger charge is -2.25. The smallest absolute Gasteiger partial charge is 0.224 e. The van der Waals surface area contributed by atoms with Gasteiger partial charge in [0.25, 0.3) is 0 Å². The fourth-order valence-electron chi connectivity index (χ4n) is 3.21. The molecule has 23 heavy (non-hydrogen) atoms. The summed E-state index contributed by atoms with van der Waals surface area (Å²) in [5, 5.41) is 3.21. The van der Waals surface area contributed by atoms with Gasteiger partial charge in [0.1, 0.15) is 0 Å². The first kappa shape index (κ1) is 16.3. The normalized spacial score (nSPS) is 16.7. The second-order valence-electron chi connectivity index (χ2n) is 6.61. The largest absolute Gasteiger partial charge is 0.352 e. The third-order valence-electron chi connectivity index (χ3n) is 4.90. The van der Waals surface area contributed by atoms with Crippen LogP contribution in [0.25, 0.3) is 0 Å². The van der Waals surface area contributed by atoms with Crippen LogP contribution in [0.5, 0.6) is 0 Å². The Hall–Kier alpha value is -1.61. The van der Waals surface area contributed by atoms with Crippen LogP contribution in [0.2, 0.25) is 0 Å². The number of rotatable bonds is 5. The Kier molecular flexibility index (Phi) is 4.58. The van der Waals surface area contributed by atoms with Gasteiger partial charge < -0.3 is 5.32 Å². The van der Waals surface area contributed by atoms with E-state index in [4.69, 9.17) is 0 Å². The van der Waals surface area contributed by atoms with Crippen molar-refractivity contribution in [3.8, 4) is 0 Å². The molecule has 0 radical (unpaired) electrons. The molecule has 1 amide bonds. The molecule has 120 valence electrons. The van der Waals surface area contributed by atoms with Gasteiger partial charge >= 0.3 is 0 Å². The Morgan fingerprint density at radius 1 is 1.13 bits per heavy atom. The van der Waals surface area contributed by atoms with Crippen LogP contribution in [0.4, 0.5) is 0 Å². The van der Waals surface area contributed by atoms with Crippen LogP contribution >= 0.6 is 15.9 Å². The van der Waals surface area contributed by atoms with E-state index in [-0.39, 0.29) is 17.4 Å². The van der Waals surface area contributed by atoms with Gasteiger partial charge in [0.15, 0.2) is 0 Å². The molecule has 0 saturated heterocycles. The van der Waals surface area contributed by atoms with Gasteiger partial charge in [0, 0.05) is 15.9 Å². The molecule has 2 nitrogen and oxygen atoms in total. The quantitative estimate of drug-likeness (QED) is 0.821. The van der Waals surface area contributed by atoms with Gasteiger partial charge in [-0.15, -0.1) is 0 Å². The minimum Gasteiger partial charge on any atom is -0.352 e. The molecule has 0 spiro atoms. The summed E-state index contributed by atoms with van der Waals surface area (Å²) in [6.45, 7) is 4.18. The lowest BCUT2D eigenvalue weighted by atomic mass is 9.89. The Balaban J connectivity index is 1.64. The van der Waals surface area contributed by atoms with E-state index < -0.39 is 0 Å². The molecule has 0 bridgehead atoms. The number of aryl methyl sites for hydroxylation is 1. The number of carbonyl (C=O) groups is 1. The highest BCUT2D eigenvalue weighted by atomic mass is 79.9. The Labute approximate surface area is 146 Å². The van der Waals surface area contributed by atoms with Crippen molar-refractivity contribution in [2.45, 2.75) is 44.6 Å². The number of amides is 1. The summed E-state index contributed by atoms with van der Waals surface area (Å²) in [4.78, 5) is 12.3. The fraction of sp³-hybridized carbons (Fsp3) is 0.350. The maximum Gasteiger partial charge on any atom is 0.224 e. The van der Waals surface area contributed by atoms with E-state index in [1.807, 2.05) is 12.1 Å². The lowest BCUT2D eigenvalue weighted by molar-refractivity contribution is -0.121. The summed E-state index contributed by atoms with van der Waals surface area (Å²) < 4.78 is 1.09. The zero-order chi connectivity index (χ0) is 16.4. The molecule has 1 aliphatic rings. The van der Waals surface area contributed by atoms with Crippen LogP contribution in [0.3, 0.4) is 0 Å². The topological polar surface area (TPSA) is 29.1 Å². The molecule has 1 aliphatic carbocycles. The van der Waals surface area contributed by atoms with Crippen molar-refractivity contribution in [2.24, 2.45) is 0 Å². The maximum atomic E-state index is 12.3. The average Bonchev–Trinajstić information content (AvgIpc) is 3.32. The van der Waals surface area contributed by atoms with E-state index in [1.165, 1.54) is 11.1 Å². The zero-order valence-corrected chi connectivity index (χ0v) is 15.2. The minimum atomic E-state index is 0.102. The van der Waals surface area contributed by atoms with Gasteiger partial charge in [-0.05, 0) is 49.9 Å². The molecule has 1 unspecified atom stereocenters. The molecule has 1 saturated carbocycles. The second kappa shape index (κ2) is 6.48. The first-order valence-corrected chi connectivity index (χ1v) is 8.90. The van der Waals surface area contributed by atoms with Gasteiger partial charge in [0.05, 0.1) is 6.42 Å². The summed E-state index contributed by atoms with van der Waals surface area (Å²) in [6.07, 6.45) is 2.72. The second-order valence-corrected chi connectivity index (χ2v) is 7.53. The van der Waals surface area contributed by atoms with Gasteiger partial charge in [-0.1, -0.05) is 57.9 Å². The number of hydrogen-bond donors (Lipinski definition) is 1. The number of benzene rings is 2. The summed E-state index contributed by atoms with van der Waals surface area (Å²) in [7, 11) is 0. The predicted octanol–water partition coefficient (Wildman–Crippen LogP) is 4.54. The van der Waals surface area contributed by atoms with Crippen LogP contribution in [-0.4, -0.2) is 11.9 Å². The summed E-state index contributed by atoms with van der Waals surface area (Å²) in [5.41, 5.74) is 3.72. The first-order valence-electron chi connectivity index (χ1n) is 8.10. The number of nitrogens with one attached hydrogen (secondary N) is 1. The highest BCUT2D eigenvalue weighted by Crippen LogP contribution is 2.51. The molecule has 3 rings (SSSR count). The van der Waals surface area contributed by atoms with E-state index in [9.17, 15) is 4.79 Å². The Bertz CT molecular complexity index is 687. The summed E-state index contributed by atoms with van der Waals surface area (Å²) >= 11 is 3.48. The van der Waals surface area contributed by atoms with Gasteiger partial charge in [-0.25, -0.2) is 0 Å². The van der Waals surface area contributed by atoms with E-state index in [0.29, 0.717) is 6.42 Å². The molecule has 3 heteroatoms. The molecule has 0 heterocycles. The Morgan fingerprint density at radius 2 is 1.74 bits per heavy atom. The van der Waals surface area contributed by atoms with Crippen molar-refractivity contribution < 1.29 is 4.79 Å². The number of carbonyl (C=O) groups excluding carboxylic acids is 1. The van der Waals surface area contributed by atoms with Crippen LogP contribution in [0, 0.1) is 6.92 Å². The average molecular weight is 372 g/mol. The van der Waals surface area contributed by atoms with Gasteiger partial charge in [-0.2, -0.15) is 0 Å². The van der Waals surface area contributed by atoms with Crippen LogP contribution in [0.15, 0.2) is 53.0 Å². The van der Waals surface area contributed by atoms with E-state index in [1.54, 1.807) is 0 Å². The van der Waals surface area contributed by atoms with E-state index in [0.717, 1.165) is 22.9 Å². The highest BCUT2D eigenvalue weighted by molar-refractivity contribution is 9.10. The van der Waals surface area contributed by atoms with Crippen LogP contribution in [0.1, 0.15) is 36.5 Å². The monoisotopic (exact) mass is 371 g/mol. The van der Waals surface area contributed by atoms with Crippen molar-refractivity contribution in [2.75, 3.05) is 0 Å². The summed E-state index contributed by atoms with van der Waals surface area (Å²) in [5.74, 6) is 0.102. The van der Waals surface area contributed by atoms with Crippen molar-refractivity contribution >= 4 is 21.8 Å². The highest BCUT2D eigenvalue weighted by Gasteiger charge is 2.49. The maximum absolute atomic E-state index is 12.3. The van der Waals surface area contributed by atoms with Crippen molar-refractivity contribution in [3.63, 3.8) is 0 Å². The Morgan fingerprint density at radius 3 is 2.30 bits per heavy atom. The lowest BCUT2D eigenvalue weighted by Crippen LogP contribution is -2.42. The summed E-state index contributed by atoms with van der Waals surface area (Å²) in [6, 6.07) is 16.8. The SMILES string of the molecule is Cc1ccc(CC(=O)NC(C)C2(c3ccc(Br)cc3)CC2)cc1. The van der Waals surface area contributed by atoms with Gasteiger partial charge in [0.2, 0.25) is 5.91 Å². The van der Waals surface area contributed by atoms with Gasteiger partial charge in [-0.3, -0.25) is 4.79 Å². The van der Waals surface area contributed by atoms with E-state index >= 15 is 0 Å². The number of halogens is 1. The predicted molar refractivity (Wildman–Crippen MR) is 97.5 cm³/mol. The zero-order valence-electron chi connectivity index (χ0n) is 13.6. The third-order valence-corrected chi connectivity index (χ3v) is 5.43. The first-order chi connectivity index (χ1) is 11.0.